The maximum absolute atomic E-state index is 13.1. The zero-order chi connectivity index (χ0) is 22.2. The topological polar surface area (TPSA) is 81.7 Å². The summed E-state index contributed by atoms with van der Waals surface area (Å²) in [6, 6.07) is 13.2. The second kappa shape index (κ2) is 9.65. The molecule has 1 unspecified atom stereocenters. The second-order valence-electron chi connectivity index (χ2n) is 10.1. The molecule has 1 amide bonds. The molecule has 3 heterocycles. The minimum atomic E-state index is 0. The molecule has 3 aromatic rings. The Bertz CT molecular complexity index is 1110. The number of rotatable bonds is 6. The van der Waals surface area contributed by atoms with Crippen molar-refractivity contribution in [2.24, 2.45) is 11.8 Å². The van der Waals surface area contributed by atoms with E-state index in [1.54, 1.807) is 6.20 Å². The molecule has 0 radical (unpaired) electrons. The lowest BCUT2D eigenvalue weighted by molar-refractivity contribution is -0.127. The van der Waals surface area contributed by atoms with Crippen molar-refractivity contribution in [2.75, 3.05) is 20.1 Å². The summed E-state index contributed by atoms with van der Waals surface area (Å²) in [5, 5.41) is 4.62. The normalized spacial score (nSPS) is 22.1. The van der Waals surface area contributed by atoms with Gasteiger partial charge in [0.1, 0.15) is 0 Å². The maximum Gasteiger partial charge on any atom is 0.224 e. The quantitative estimate of drug-likeness (QED) is 0.629. The van der Waals surface area contributed by atoms with E-state index < -0.39 is 0 Å². The van der Waals surface area contributed by atoms with Crippen LogP contribution >= 0.6 is 0 Å². The highest BCUT2D eigenvalue weighted by Gasteiger charge is 2.41. The smallest absolute Gasteiger partial charge is 0.224 e. The average molecular weight is 449 g/mol. The lowest BCUT2D eigenvalue weighted by Gasteiger charge is -2.45. The minimum Gasteiger partial charge on any atom is -0.412 e. The summed E-state index contributed by atoms with van der Waals surface area (Å²) in [6.07, 6.45) is 6.97. The van der Waals surface area contributed by atoms with E-state index in [4.69, 9.17) is 0 Å². The van der Waals surface area contributed by atoms with Crippen LogP contribution in [0.15, 0.2) is 48.8 Å². The fourth-order valence-corrected chi connectivity index (χ4v) is 5.86. The molecule has 3 atom stereocenters. The SMILES string of the molecule is CC(C)Cn1cc2c3c(cccc31)C1C[C@@H](C(=O)NCCc3ccccn3)CN(C)[C@@H]1C2.O. The summed E-state index contributed by atoms with van der Waals surface area (Å²) in [7, 11) is 2.20. The molecule has 0 saturated carbocycles. The molecule has 33 heavy (non-hydrogen) atoms. The summed E-state index contributed by atoms with van der Waals surface area (Å²) >= 11 is 0. The van der Waals surface area contributed by atoms with Gasteiger partial charge in [0.05, 0.1) is 5.92 Å². The van der Waals surface area contributed by atoms with E-state index in [0.717, 1.165) is 38.0 Å². The molecule has 1 aliphatic heterocycles. The van der Waals surface area contributed by atoms with Gasteiger partial charge in [-0.15, -0.1) is 0 Å². The highest BCUT2D eigenvalue weighted by Crippen LogP contribution is 2.45. The van der Waals surface area contributed by atoms with Crippen molar-refractivity contribution < 1.29 is 10.3 Å². The van der Waals surface area contributed by atoms with Gasteiger partial charge in [0, 0.05) is 67.0 Å². The highest BCUT2D eigenvalue weighted by molar-refractivity contribution is 5.89. The molecule has 176 valence electrons. The Morgan fingerprint density at radius 3 is 2.82 bits per heavy atom. The van der Waals surface area contributed by atoms with Crippen LogP contribution < -0.4 is 5.32 Å². The van der Waals surface area contributed by atoms with Crippen molar-refractivity contribution in [2.45, 2.75) is 51.6 Å². The van der Waals surface area contributed by atoms with Crippen LogP contribution in [0.4, 0.5) is 0 Å². The Hall–Kier alpha value is -2.70. The Morgan fingerprint density at radius 1 is 1.21 bits per heavy atom. The number of nitrogens with zero attached hydrogens (tertiary/aromatic N) is 3. The first kappa shape index (κ1) is 23.5. The van der Waals surface area contributed by atoms with Crippen LogP contribution in [0.25, 0.3) is 10.9 Å². The average Bonchev–Trinajstić information content (AvgIpc) is 3.13. The van der Waals surface area contributed by atoms with Crippen LogP contribution in [0.2, 0.25) is 0 Å². The molecular formula is C27H36N4O2. The molecular weight excluding hydrogens is 412 g/mol. The van der Waals surface area contributed by atoms with E-state index in [1.165, 1.54) is 22.0 Å². The molecule has 1 aromatic carbocycles. The van der Waals surface area contributed by atoms with E-state index >= 15 is 0 Å². The predicted molar refractivity (Wildman–Crippen MR) is 132 cm³/mol. The van der Waals surface area contributed by atoms with Gasteiger partial charge < -0.3 is 20.3 Å². The second-order valence-corrected chi connectivity index (χ2v) is 10.1. The largest absolute Gasteiger partial charge is 0.412 e. The van der Waals surface area contributed by atoms with Crippen LogP contribution in [0, 0.1) is 11.8 Å². The molecule has 6 nitrogen and oxygen atoms in total. The van der Waals surface area contributed by atoms with Gasteiger partial charge in [-0.05, 0) is 55.1 Å². The van der Waals surface area contributed by atoms with Gasteiger partial charge in [0.25, 0.3) is 0 Å². The number of carbonyl (C=O) groups excluding carboxylic acids is 1. The zero-order valence-electron chi connectivity index (χ0n) is 19.9. The number of fused-ring (bicyclic) bond motifs is 2. The fourth-order valence-electron chi connectivity index (χ4n) is 5.86. The lowest BCUT2D eigenvalue weighted by Crippen LogP contribution is -2.51. The number of piperidine rings is 1. The summed E-state index contributed by atoms with van der Waals surface area (Å²) in [5.74, 6) is 1.24. The van der Waals surface area contributed by atoms with Gasteiger partial charge in [-0.25, -0.2) is 0 Å². The van der Waals surface area contributed by atoms with E-state index in [1.807, 2.05) is 18.2 Å². The standard InChI is InChI=1S/C27H34N4O.H2O/c1-18(2)15-31-17-19-14-25-23(22-8-6-9-24(31)26(19)22)13-20(16-30(25)3)27(32)29-12-10-21-7-4-5-11-28-21;/h4-9,11,17-18,20,23,25H,10,12-16H2,1-3H3,(H,29,32);1H2/t20-,23?,25-;/m1./s1. The van der Waals surface area contributed by atoms with Crippen LogP contribution in [-0.2, 0) is 24.2 Å². The monoisotopic (exact) mass is 448 g/mol. The number of pyridine rings is 1. The number of likely N-dealkylation sites (N-methyl/N-ethyl adjacent to an activating group) is 1. The van der Waals surface area contributed by atoms with Gasteiger partial charge in [-0.3, -0.25) is 9.78 Å². The molecule has 2 aromatic heterocycles. The number of hydrogen-bond acceptors (Lipinski definition) is 3. The van der Waals surface area contributed by atoms with Gasteiger partial charge in [0.15, 0.2) is 0 Å². The van der Waals surface area contributed by atoms with E-state index in [2.05, 4.69) is 65.1 Å². The minimum absolute atomic E-state index is 0. The van der Waals surface area contributed by atoms with Crippen molar-refractivity contribution in [3.8, 4) is 0 Å². The van der Waals surface area contributed by atoms with E-state index in [0.29, 0.717) is 24.4 Å². The number of aromatic nitrogens is 2. The summed E-state index contributed by atoms with van der Waals surface area (Å²) in [5.41, 5.74) is 5.29. The molecule has 0 spiro atoms. The Kier molecular flexibility index (Phi) is 6.86. The summed E-state index contributed by atoms with van der Waals surface area (Å²) in [4.78, 5) is 19.8. The molecule has 3 N–H and O–H groups in total. The highest BCUT2D eigenvalue weighted by atomic mass is 16.1. The fraction of sp³-hybridized carbons (Fsp3) is 0.481. The molecule has 2 aliphatic rings. The Morgan fingerprint density at radius 2 is 2.06 bits per heavy atom. The number of nitrogens with one attached hydrogen (secondary N) is 1. The predicted octanol–water partition coefficient (Wildman–Crippen LogP) is 3.19. The van der Waals surface area contributed by atoms with Crippen LogP contribution in [-0.4, -0.2) is 52.0 Å². The molecule has 6 heteroatoms. The first-order valence-electron chi connectivity index (χ1n) is 12.0. The van der Waals surface area contributed by atoms with Crippen molar-refractivity contribution in [3.05, 3.63) is 65.6 Å². The maximum atomic E-state index is 13.1. The number of amides is 1. The third-order valence-electron chi connectivity index (χ3n) is 7.26. The molecule has 1 fully saturated rings. The third kappa shape index (κ3) is 4.55. The number of carbonyl (C=O) groups is 1. The van der Waals surface area contributed by atoms with E-state index in [-0.39, 0.29) is 17.3 Å². The van der Waals surface area contributed by atoms with Gasteiger partial charge in [-0.2, -0.15) is 0 Å². The van der Waals surface area contributed by atoms with E-state index in [9.17, 15) is 4.79 Å². The first-order chi connectivity index (χ1) is 15.5. The molecule has 5 rings (SSSR count). The van der Waals surface area contributed by atoms with Gasteiger partial charge in [-0.1, -0.05) is 32.0 Å². The van der Waals surface area contributed by atoms with Crippen LogP contribution in [0.3, 0.4) is 0 Å². The summed E-state index contributed by atoms with van der Waals surface area (Å²) in [6.45, 7) is 7.07. The van der Waals surface area contributed by atoms with Crippen LogP contribution in [0.1, 0.15) is 43.0 Å². The van der Waals surface area contributed by atoms with Gasteiger partial charge >= 0.3 is 0 Å². The number of likely N-dealkylation sites (tertiary alicyclic amines) is 1. The van der Waals surface area contributed by atoms with Crippen molar-refractivity contribution >= 4 is 16.8 Å². The molecule has 0 bridgehead atoms. The Labute approximate surface area is 196 Å². The zero-order valence-corrected chi connectivity index (χ0v) is 19.9. The lowest BCUT2D eigenvalue weighted by atomic mass is 9.72. The van der Waals surface area contributed by atoms with Crippen molar-refractivity contribution in [1.29, 1.82) is 0 Å². The number of hydrogen-bond donors (Lipinski definition) is 1. The van der Waals surface area contributed by atoms with Crippen molar-refractivity contribution in [1.82, 2.24) is 19.8 Å². The van der Waals surface area contributed by atoms with Crippen LogP contribution in [0.5, 0.6) is 0 Å². The summed E-state index contributed by atoms with van der Waals surface area (Å²) < 4.78 is 2.44. The van der Waals surface area contributed by atoms with Crippen molar-refractivity contribution in [3.63, 3.8) is 0 Å². The molecule has 1 aliphatic carbocycles. The van der Waals surface area contributed by atoms with Gasteiger partial charge in [0.2, 0.25) is 5.91 Å². The third-order valence-corrected chi connectivity index (χ3v) is 7.26. The molecule has 1 saturated heterocycles. The first-order valence-corrected chi connectivity index (χ1v) is 12.0. The Balaban J connectivity index is 0.00000259. The number of benzene rings is 1.